The fourth-order valence-corrected chi connectivity index (χ4v) is 2.56. The molecule has 3 aromatic carbocycles. The molecule has 2 N–H and O–H groups in total. The molecule has 104 valence electrons. The van der Waals surface area contributed by atoms with Crippen LogP contribution in [0.1, 0.15) is 21.5 Å². The van der Waals surface area contributed by atoms with E-state index in [4.69, 9.17) is 5.73 Å². The molecule has 0 radical (unpaired) electrons. The topological polar surface area (TPSA) is 43.1 Å². The normalized spacial score (nSPS) is 10.8. The molecule has 0 bridgehead atoms. The Balaban J connectivity index is 2.24. The Labute approximate surface area is 122 Å². The maximum atomic E-state index is 13.2. The monoisotopic (exact) mass is 279 g/mol. The summed E-state index contributed by atoms with van der Waals surface area (Å²) in [5, 5.41) is 1.87. The zero-order chi connectivity index (χ0) is 15.0. The number of carbonyl (C=O) groups is 1. The number of benzene rings is 3. The van der Waals surface area contributed by atoms with E-state index < -0.39 is 5.82 Å². The first-order chi connectivity index (χ1) is 10.1. The van der Waals surface area contributed by atoms with Crippen LogP contribution in [0, 0.1) is 12.7 Å². The van der Waals surface area contributed by atoms with Crippen LogP contribution in [-0.2, 0) is 0 Å². The Kier molecular flexibility index (Phi) is 3.18. The molecule has 0 unspecified atom stereocenters. The van der Waals surface area contributed by atoms with Crippen molar-refractivity contribution in [3.05, 3.63) is 77.1 Å². The predicted octanol–water partition coefficient (Wildman–Crippen LogP) is 4.10. The number of aryl methyl sites for hydroxylation is 1. The number of hydrogen-bond donors (Lipinski definition) is 1. The van der Waals surface area contributed by atoms with Crippen LogP contribution < -0.4 is 5.73 Å². The average Bonchev–Trinajstić information content (AvgIpc) is 2.46. The second kappa shape index (κ2) is 5.02. The predicted molar refractivity (Wildman–Crippen MR) is 82.9 cm³/mol. The van der Waals surface area contributed by atoms with Gasteiger partial charge in [0.05, 0.1) is 0 Å². The van der Waals surface area contributed by atoms with E-state index in [0.717, 1.165) is 16.3 Å². The lowest BCUT2D eigenvalue weighted by Gasteiger charge is -2.11. The number of halogens is 1. The summed E-state index contributed by atoms with van der Waals surface area (Å²) in [5.74, 6) is -0.625. The lowest BCUT2D eigenvalue weighted by atomic mass is 9.92. The highest BCUT2D eigenvalue weighted by atomic mass is 19.1. The lowest BCUT2D eigenvalue weighted by Crippen LogP contribution is -2.08. The third-order valence-corrected chi connectivity index (χ3v) is 3.62. The first-order valence-electron chi connectivity index (χ1n) is 6.66. The largest absolute Gasteiger partial charge is 0.398 e. The van der Waals surface area contributed by atoms with Crippen molar-refractivity contribution in [3.8, 4) is 0 Å². The van der Waals surface area contributed by atoms with Crippen molar-refractivity contribution in [1.29, 1.82) is 0 Å². The molecule has 21 heavy (non-hydrogen) atoms. The van der Waals surface area contributed by atoms with E-state index >= 15 is 0 Å². The number of hydrogen-bond acceptors (Lipinski definition) is 2. The molecule has 0 aliphatic carbocycles. The van der Waals surface area contributed by atoms with Crippen LogP contribution in [0.3, 0.4) is 0 Å². The summed E-state index contributed by atoms with van der Waals surface area (Å²) in [6.07, 6.45) is 0. The van der Waals surface area contributed by atoms with Gasteiger partial charge in [-0.2, -0.15) is 0 Å². The minimum absolute atomic E-state index is 0.160. The second-order valence-corrected chi connectivity index (χ2v) is 5.04. The molecule has 0 saturated carbocycles. The SMILES string of the molecule is Cc1ccc2ccccc2c1C(=O)c1ccc(F)cc1N. The van der Waals surface area contributed by atoms with Crippen molar-refractivity contribution in [2.75, 3.05) is 5.73 Å². The Bertz CT molecular complexity index is 855. The minimum atomic E-state index is -0.446. The van der Waals surface area contributed by atoms with Crippen molar-refractivity contribution >= 4 is 22.2 Å². The first kappa shape index (κ1) is 13.3. The van der Waals surface area contributed by atoms with Crippen LogP contribution in [0.2, 0.25) is 0 Å². The van der Waals surface area contributed by atoms with Gasteiger partial charge in [-0.1, -0.05) is 36.4 Å². The number of nitrogens with two attached hydrogens (primary N) is 1. The number of fused-ring (bicyclic) bond motifs is 1. The Morgan fingerprint density at radius 3 is 2.57 bits per heavy atom. The van der Waals surface area contributed by atoms with Gasteiger partial charge in [-0.25, -0.2) is 4.39 Å². The van der Waals surface area contributed by atoms with E-state index in [2.05, 4.69) is 0 Å². The third kappa shape index (κ3) is 2.27. The molecule has 3 rings (SSSR count). The van der Waals surface area contributed by atoms with Gasteiger partial charge in [0.15, 0.2) is 5.78 Å². The van der Waals surface area contributed by atoms with Gasteiger partial charge in [0.1, 0.15) is 5.82 Å². The summed E-state index contributed by atoms with van der Waals surface area (Å²) >= 11 is 0. The summed E-state index contributed by atoms with van der Waals surface area (Å²) in [7, 11) is 0. The highest BCUT2D eigenvalue weighted by Crippen LogP contribution is 2.26. The van der Waals surface area contributed by atoms with Crippen molar-refractivity contribution < 1.29 is 9.18 Å². The van der Waals surface area contributed by atoms with Crippen LogP contribution in [0.5, 0.6) is 0 Å². The van der Waals surface area contributed by atoms with Crippen molar-refractivity contribution in [2.24, 2.45) is 0 Å². The molecule has 0 aromatic heterocycles. The maximum absolute atomic E-state index is 13.2. The van der Waals surface area contributed by atoms with Crippen LogP contribution in [0.4, 0.5) is 10.1 Å². The Morgan fingerprint density at radius 1 is 1.05 bits per heavy atom. The number of anilines is 1. The van der Waals surface area contributed by atoms with E-state index in [-0.39, 0.29) is 11.5 Å². The zero-order valence-electron chi connectivity index (χ0n) is 11.6. The molecular formula is C18H14FNO. The quantitative estimate of drug-likeness (QED) is 0.567. The molecule has 0 aliphatic heterocycles. The van der Waals surface area contributed by atoms with Gasteiger partial charge in [0, 0.05) is 16.8 Å². The Hall–Kier alpha value is -2.68. The summed E-state index contributed by atoms with van der Waals surface area (Å²) in [4.78, 5) is 12.8. The average molecular weight is 279 g/mol. The number of ketones is 1. The standard InChI is InChI=1S/C18H14FNO/c1-11-6-7-12-4-2-3-5-14(12)17(11)18(21)15-9-8-13(19)10-16(15)20/h2-10H,20H2,1H3. The Morgan fingerprint density at radius 2 is 1.81 bits per heavy atom. The van der Waals surface area contributed by atoms with Gasteiger partial charge < -0.3 is 5.73 Å². The van der Waals surface area contributed by atoms with E-state index in [9.17, 15) is 9.18 Å². The van der Waals surface area contributed by atoms with Gasteiger partial charge >= 0.3 is 0 Å². The summed E-state index contributed by atoms with van der Waals surface area (Å²) in [6.45, 7) is 1.89. The first-order valence-corrected chi connectivity index (χ1v) is 6.66. The fourth-order valence-electron chi connectivity index (χ4n) is 2.56. The fraction of sp³-hybridized carbons (Fsp3) is 0.0556. The van der Waals surface area contributed by atoms with Gasteiger partial charge in [0.25, 0.3) is 0 Å². The molecule has 3 aromatic rings. The molecule has 0 fully saturated rings. The van der Waals surface area contributed by atoms with Gasteiger partial charge in [-0.05, 0) is 41.5 Å². The second-order valence-electron chi connectivity index (χ2n) is 5.04. The van der Waals surface area contributed by atoms with E-state index in [1.54, 1.807) is 0 Å². The smallest absolute Gasteiger partial charge is 0.195 e. The van der Waals surface area contributed by atoms with E-state index in [0.29, 0.717) is 11.1 Å². The molecule has 0 saturated heterocycles. The third-order valence-electron chi connectivity index (χ3n) is 3.62. The summed E-state index contributed by atoms with van der Waals surface area (Å²) in [6, 6.07) is 15.5. The van der Waals surface area contributed by atoms with Crippen LogP contribution in [0.15, 0.2) is 54.6 Å². The molecule has 0 spiro atoms. The maximum Gasteiger partial charge on any atom is 0.195 e. The summed E-state index contributed by atoms with van der Waals surface area (Å²) < 4.78 is 13.2. The lowest BCUT2D eigenvalue weighted by molar-refractivity contribution is 0.104. The highest BCUT2D eigenvalue weighted by molar-refractivity contribution is 6.19. The molecule has 0 heterocycles. The van der Waals surface area contributed by atoms with E-state index in [1.807, 2.05) is 43.3 Å². The van der Waals surface area contributed by atoms with Crippen molar-refractivity contribution in [2.45, 2.75) is 6.92 Å². The molecule has 0 aliphatic rings. The van der Waals surface area contributed by atoms with E-state index in [1.165, 1.54) is 18.2 Å². The number of rotatable bonds is 2. The van der Waals surface area contributed by atoms with Gasteiger partial charge in [-0.15, -0.1) is 0 Å². The summed E-state index contributed by atoms with van der Waals surface area (Å²) in [5.41, 5.74) is 7.78. The molecule has 0 atom stereocenters. The zero-order valence-corrected chi connectivity index (χ0v) is 11.6. The molecule has 3 heteroatoms. The van der Waals surface area contributed by atoms with Gasteiger partial charge in [0.2, 0.25) is 0 Å². The van der Waals surface area contributed by atoms with Crippen LogP contribution in [-0.4, -0.2) is 5.78 Å². The van der Waals surface area contributed by atoms with Crippen molar-refractivity contribution in [1.82, 2.24) is 0 Å². The van der Waals surface area contributed by atoms with Crippen molar-refractivity contribution in [3.63, 3.8) is 0 Å². The minimum Gasteiger partial charge on any atom is -0.398 e. The van der Waals surface area contributed by atoms with Crippen LogP contribution in [0.25, 0.3) is 10.8 Å². The highest BCUT2D eigenvalue weighted by Gasteiger charge is 2.17. The van der Waals surface area contributed by atoms with Gasteiger partial charge in [-0.3, -0.25) is 4.79 Å². The number of nitrogen functional groups attached to an aromatic ring is 1. The van der Waals surface area contributed by atoms with Crippen LogP contribution >= 0.6 is 0 Å². The number of carbonyl (C=O) groups excluding carboxylic acids is 1. The molecular weight excluding hydrogens is 265 g/mol. The molecule has 0 amide bonds. The molecule has 2 nitrogen and oxygen atoms in total.